The summed E-state index contributed by atoms with van der Waals surface area (Å²) in [4.78, 5) is 10.6. The van der Waals surface area contributed by atoms with E-state index >= 15 is 0 Å². The molecule has 0 saturated carbocycles. The Morgan fingerprint density at radius 3 is 2.50 bits per heavy atom. The van der Waals surface area contributed by atoms with Gasteiger partial charge in [-0.05, 0) is 30.5 Å². The number of rotatable bonds is 7. The van der Waals surface area contributed by atoms with E-state index in [1.54, 1.807) is 0 Å². The van der Waals surface area contributed by atoms with Gasteiger partial charge in [-0.1, -0.05) is 25.5 Å². The number of nitrogens with two attached hydrogens (primary N) is 1. The van der Waals surface area contributed by atoms with Crippen LogP contribution >= 0.6 is 12.4 Å². The molecular weight excluding hydrogens is 254 g/mol. The summed E-state index contributed by atoms with van der Waals surface area (Å²) in [5, 5.41) is 8.69. The number of carbonyl (C=O) groups is 1. The van der Waals surface area contributed by atoms with E-state index in [1.165, 1.54) is 0 Å². The molecule has 18 heavy (non-hydrogen) atoms. The van der Waals surface area contributed by atoms with Crippen molar-refractivity contribution in [1.29, 1.82) is 0 Å². The van der Waals surface area contributed by atoms with Crippen LogP contribution in [0.5, 0.6) is 5.75 Å². The van der Waals surface area contributed by atoms with Crippen LogP contribution in [0.2, 0.25) is 0 Å². The Kier molecular flexibility index (Phi) is 8.16. The average Bonchev–Trinajstić information content (AvgIpc) is 2.31. The summed E-state index contributed by atoms with van der Waals surface area (Å²) in [5.41, 5.74) is 6.36. The smallest absolute Gasteiger partial charge is 0.320 e. The van der Waals surface area contributed by atoms with Crippen LogP contribution in [-0.2, 0) is 11.2 Å². The fraction of sp³-hybridized carbons (Fsp3) is 0.462. The first-order valence-corrected chi connectivity index (χ1v) is 5.83. The molecule has 0 radical (unpaired) electrons. The molecule has 1 rings (SSSR count). The summed E-state index contributed by atoms with van der Waals surface area (Å²) in [6.45, 7) is 2.82. The zero-order valence-corrected chi connectivity index (χ0v) is 11.3. The van der Waals surface area contributed by atoms with Crippen LogP contribution in [-0.4, -0.2) is 23.7 Å². The highest BCUT2D eigenvalue weighted by molar-refractivity contribution is 5.85. The van der Waals surface area contributed by atoms with Crippen LogP contribution in [0.15, 0.2) is 24.3 Å². The Morgan fingerprint density at radius 1 is 1.39 bits per heavy atom. The molecule has 0 heterocycles. The normalized spacial score (nSPS) is 11.4. The fourth-order valence-corrected chi connectivity index (χ4v) is 1.40. The number of ether oxygens (including phenoxy) is 1. The van der Waals surface area contributed by atoms with Gasteiger partial charge in [-0.15, -0.1) is 12.4 Å². The minimum Gasteiger partial charge on any atom is -0.494 e. The molecule has 0 saturated heterocycles. The largest absolute Gasteiger partial charge is 0.494 e. The maximum Gasteiger partial charge on any atom is 0.320 e. The van der Waals surface area contributed by atoms with Gasteiger partial charge in [0.25, 0.3) is 0 Å². The van der Waals surface area contributed by atoms with Gasteiger partial charge < -0.3 is 15.6 Å². The van der Waals surface area contributed by atoms with Gasteiger partial charge >= 0.3 is 5.97 Å². The zero-order chi connectivity index (χ0) is 12.7. The lowest BCUT2D eigenvalue weighted by Crippen LogP contribution is -2.32. The molecule has 5 heteroatoms. The third-order valence-electron chi connectivity index (χ3n) is 2.46. The summed E-state index contributed by atoms with van der Waals surface area (Å²) in [6.07, 6.45) is 2.47. The number of aliphatic carboxylic acids is 1. The number of carboxylic acids is 1. The fourth-order valence-electron chi connectivity index (χ4n) is 1.40. The van der Waals surface area contributed by atoms with E-state index in [4.69, 9.17) is 15.6 Å². The maximum absolute atomic E-state index is 10.6. The third kappa shape index (κ3) is 5.89. The van der Waals surface area contributed by atoms with Crippen molar-refractivity contribution in [2.75, 3.05) is 6.61 Å². The predicted molar refractivity (Wildman–Crippen MR) is 73.4 cm³/mol. The molecular formula is C13H20ClNO3. The molecule has 0 amide bonds. The first-order chi connectivity index (χ1) is 8.13. The number of benzene rings is 1. The van der Waals surface area contributed by atoms with Crippen LogP contribution in [0, 0.1) is 0 Å². The highest BCUT2D eigenvalue weighted by atomic mass is 35.5. The average molecular weight is 274 g/mol. The summed E-state index contributed by atoms with van der Waals surface area (Å²) in [6, 6.07) is 6.55. The highest BCUT2D eigenvalue weighted by Gasteiger charge is 2.11. The van der Waals surface area contributed by atoms with Gasteiger partial charge in [-0.3, -0.25) is 4.79 Å². The highest BCUT2D eigenvalue weighted by Crippen LogP contribution is 2.13. The lowest BCUT2D eigenvalue weighted by atomic mass is 10.1. The van der Waals surface area contributed by atoms with Gasteiger partial charge in [-0.25, -0.2) is 0 Å². The molecule has 0 aliphatic heterocycles. The molecule has 0 fully saturated rings. The lowest BCUT2D eigenvalue weighted by molar-refractivity contribution is -0.138. The van der Waals surface area contributed by atoms with Gasteiger partial charge in [-0.2, -0.15) is 0 Å². The maximum atomic E-state index is 10.6. The van der Waals surface area contributed by atoms with E-state index in [-0.39, 0.29) is 12.4 Å². The van der Waals surface area contributed by atoms with Gasteiger partial charge in [0.05, 0.1) is 6.61 Å². The van der Waals surface area contributed by atoms with E-state index < -0.39 is 12.0 Å². The van der Waals surface area contributed by atoms with Crippen molar-refractivity contribution in [2.45, 2.75) is 32.2 Å². The standard InChI is InChI=1S/C13H19NO3.ClH/c1-2-3-8-17-11-6-4-10(5-7-11)9-12(14)13(15)16;/h4-7,12H,2-3,8-9,14H2,1H3,(H,15,16);1H/t12-;/m0./s1. The molecule has 0 spiro atoms. The quantitative estimate of drug-likeness (QED) is 0.748. The Bertz CT molecular complexity index is 354. The molecule has 0 unspecified atom stereocenters. The number of halogens is 1. The monoisotopic (exact) mass is 273 g/mol. The number of hydrogen-bond donors (Lipinski definition) is 2. The molecule has 102 valence electrons. The molecule has 0 aliphatic carbocycles. The lowest BCUT2D eigenvalue weighted by Gasteiger charge is -2.08. The van der Waals surface area contributed by atoms with Gasteiger partial charge in [0.15, 0.2) is 0 Å². The third-order valence-corrected chi connectivity index (χ3v) is 2.46. The molecule has 0 bridgehead atoms. The van der Waals surface area contributed by atoms with Crippen molar-refractivity contribution < 1.29 is 14.6 Å². The van der Waals surface area contributed by atoms with Crippen molar-refractivity contribution in [3.05, 3.63) is 29.8 Å². The van der Waals surface area contributed by atoms with Crippen LogP contribution in [0.1, 0.15) is 25.3 Å². The first kappa shape index (κ1) is 16.7. The molecule has 3 N–H and O–H groups in total. The van der Waals surface area contributed by atoms with Crippen molar-refractivity contribution in [2.24, 2.45) is 5.73 Å². The molecule has 4 nitrogen and oxygen atoms in total. The van der Waals surface area contributed by atoms with Crippen LogP contribution in [0.25, 0.3) is 0 Å². The number of carboxylic acid groups (broad SMARTS) is 1. The van der Waals surface area contributed by atoms with E-state index in [0.717, 1.165) is 24.2 Å². The van der Waals surface area contributed by atoms with Crippen LogP contribution in [0.3, 0.4) is 0 Å². The van der Waals surface area contributed by atoms with Gasteiger partial charge in [0.2, 0.25) is 0 Å². The zero-order valence-electron chi connectivity index (χ0n) is 10.5. The molecule has 0 aromatic heterocycles. The summed E-state index contributed by atoms with van der Waals surface area (Å²) in [7, 11) is 0. The first-order valence-electron chi connectivity index (χ1n) is 5.83. The Hall–Kier alpha value is -1.26. The Balaban J connectivity index is 0.00000289. The number of unbranched alkanes of at least 4 members (excludes halogenated alkanes) is 1. The molecule has 0 aliphatic rings. The Morgan fingerprint density at radius 2 is 2.00 bits per heavy atom. The van der Waals surface area contributed by atoms with Gasteiger partial charge in [0, 0.05) is 0 Å². The summed E-state index contributed by atoms with van der Waals surface area (Å²) in [5.74, 6) is -0.167. The molecule has 1 atom stereocenters. The van der Waals surface area contributed by atoms with Crippen LogP contribution in [0.4, 0.5) is 0 Å². The second-order valence-corrected chi connectivity index (χ2v) is 3.99. The molecule has 1 aromatic carbocycles. The van der Waals surface area contributed by atoms with Crippen molar-refractivity contribution >= 4 is 18.4 Å². The second kappa shape index (κ2) is 8.78. The van der Waals surface area contributed by atoms with Crippen molar-refractivity contribution in [3.63, 3.8) is 0 Å². The van der Waals surface area contributed by atoms with E-state index in [2.05, 4.69) is 6.92 Å². The number of hydrogen-bond acceptors (Lipinski definition) is 3. The van der Waals surface area contributed by atoms with E-state index in [0.29, 0.717) is 13.0 Å². The molecule has 1 aromatic rings. The topological polar surface area (TPSA) is 72.5 Å². The van der Waals surface area contributed by atoms with E-state index in [9.17, 15) is 4.79 Å². The van der Waals surface area contributed by atoms with E-state index in [1.807, 2.05) is 24.3 Å². The predicted octanol–water partition coefficient (Wildman–Crippen LogP) is 2.24. The van der Waals surface area contributed by atoms with Crippen LogP contribution < -0.4 is 10.5 Å². The minimum absolute atomic E-state index is 0. The SMILES string of the molecule is CCCCOc1ccc(C[C@H](N)C(=O)O)cc1.Cl. The Labute approximate surface area is 114 Å². The summed E-state index contributed by atoms with van der Waals surface area (Å²) < 4.78 is 5.51. The van der Waals surface area contributed by atoms with Crippen molar-refractivity contribution in [1.82, 2.24) is 0 Å². The minimum atomic E-state index is -0.978. The second-order valence-electron chi connectivity index (χ2n) is 3.99. The summed E-state index contributed by atoms with van der Waals surface area (Å²) >= 11 is 0. The van der Waals surface area contributed by atoms with Crippen molar-refractivity contribution in [3.8, 4) is 5.75 Å². The van der Waals surface area contributed by atoms with Gasteiger partial charge in [0.1, 0.15) is 11.8 Å².